The van der Waals surface area contributed by atoms with Crippen LogP contribution < -0.4 is 10.5 Å². The van der Waals surface area contributed by atoms with E-state index in [9.17, 15) is 0 Å². The van der Waals surface area contributed by atoms with Gasteiger partial charge in [-0.3, -0.25) is 0 Å². The van der Waals surface area contributed by atoms with Crippen molar-refractivity contribution in [1.29, 1.82) is 0 Å². The van der Waals surface area contributed by atoms with Gasteiger partial charge in [-0.25, -0.2) is 0 Å². The molecule has 0 aromatic heterocycles. The highest BCUT2D eigenvalue weighted by atomic mass is 16.5. The van der Waals surface area contributed by atoms with Crippen LogP contribution in [0.1, 0.15) is 44.2 Å². The minimum atomic E-state index is 0.104. The van der Waals surface area contributed by atoms with Gasteiger partial charge in [0.05, 0.1) is 7.11 Å². The van der Waals surface area contributed by atoms with Gasteiger partial charge in [-0.15, -0.1) is 0 Å². The number of benzene rings is 1. The third-order valence-corrected chi connectivity index (χ3v) is 2.66. The number of rotatable bonds is 6. The maximum absolute atomic E-state index is 6.13. The summed E-state index contributed by atoms with van der Waals surface area (Å²) in [6.07, 6.45) is 4.71. The molecule has 0 radical (unpaired) electrons. The summed E-state index contributed by atoms with van der Waals surface area (Å²) >= 11 is 0. The lowest BCUT2D eigenvalue weighted by Crippen LogP contribution is -2.11. The van der Waals surface area contributed by atoms with E-state index in [2.05, 4.69) is 13.0 Å². The third kappa shape index (κ3) is 3.56. The molecule has 1 atom stereocenters. The Morgan fingerprint density at radius 1 is 1.27 bits per heavy atom. The largest absolute Gasteiger partial charge is 0.496 e. The SMILES string of the molecule is CCCCC[C@H](N)c1ccccc1OC. The second kappa shape index (κ2) is 6.46. The van der Waals surface area contributed by atoms with E-state index in [1.54, 1.807) is 7.11 Å². The molecule has 1 rings (SSSR count). The summed E-state index contributed by atoms with van der Waals surface area (Å²) in [6, 6.07) is 8.11. The first-order valence-electron chi connectivity index (χ1n) is 5.68. The number of unbranched alkanes of at least 4 members (excludes halogenated alkanes) is 2. The fraction of sp³-hybridized carbons (Fsp3) is 0.538. The van der Waals surface area contributed by atoms with Crippen molar-refractivity contribution in [2.24, 2.45) is 5.73 Å². The first-order valence-corrected chi connectivity index (χ1v) is 5.68. The average Bonchev–Trinajstić information content (AvgIpc) is 2.29. The number of ether oxygens (including phenoxy) is 1. The Morgan fingerprint density at radius 2 is 2.00 bits per heavy atom. The smallest absolute Gasteiger partial charge is 0.123 e. The molecule has 2 nitrogen and oxygen atoms in total. The number of hydrogen-bond donors (Lipinski definition) is 1. The van der Waals surface area contributed by atoms with E-state index >= 15 is 0 Å². The molecule has 84 valence electrons. The van der Waals surface area contributed by atoms with E-state index in [-0.39, 0.29) is 6.04 Å². The second-order valence-electron chi connectivity index (χ2n) is 3.84. The summed E-state index contributed by atoms with van der Waals surface area (Å²) in [6.45, 7) is 2.20. The standard InChI is InChI=1S/C13H21NO/c1-3-4-5-9-12(14)11-8-6-7-10-13(11)15-2/h6-8,10,12H,3-5,9,14H2,1-2H3/t12-/m0/s1. The lowest BCUT2D eigenvalue weighted by Gasteiger charge is -2.15. The van der Waals surface area contributed by atoms with Crippen molar-refractivity contribution >= 4 is 0 Å². The zero-order valence-electron chi connectivity index (χ0n) is 9.70. The topological polar surface area (TPSA) is 35.2 Å². The highest BCUT2D eigenvalue weighted by Gasteiger charge is 2.10. The number of hydrogen-bond acceptors (Lipinski definition) is 2. The average molecular weight is 207 g/mol. The van der Waals surface area contributed by atoms with Crippen LogP contribution in [0.25, 0.3) is 0 Å². The molecule has 2 N–H and O–H groups in total. The zero-order valence-corrected chi connectivity index (χ0v) is 9.70. The predicted molar refractivity (Wildman–Crippen MR) is 64.1 cm³/mol. The number of para-hydroxylation sites is 1. The van der Waals surface area contributed by atoms with Gasteiger partial charge in [0.25, 0.3) is 0 Å². The van der Waals surface area contributed by atoms with Gasteiger partial charge in [-0.1, -0.05) is 44.4 Å². The molecule has 0 aliphatic carbocycles. The van der Waals surface area contributed by atoms with E-state index in [0.717, 1.165) is 17.7 Å². The van der Waals surface area contributed by atoms with Gasteiger partial charge in [0.15, 0.2) is 0 Å². The highest BCUT2D eigenvalue weighted by molar-refractivity contribution is 5.35. The lowest BCUT2D eigenvalue weighted by molar-refractivity contribution is 0.403. The molecule has 2 heteroatoms. The van der Waals surface area contributed by atoms with Crippen LogP contribution in [-0.4, -0.2) is 7.11 Å². The normalized spacial score (nSPS) is 12.5. The minimum Gasteiger partial charge on any atom is -0.496 e. The molecule has 0 saturated heterocycles. The second-order valence-corrected chi connectivity index (χ2v) is 3.84. The predicted octanol–water partition coefficient (Wildman–Crippen LogP) is 3.28. The van der Waals surface area contributed by atoms with Crippen LogP contribution in [0.15, 0.2) is 24.3 Å². The molecule has 1 aromatic rings. The van der Waals surface area contributed by atoms with Gasteiger partial charge in [0.2, 0.25) is 0 Å². The maximum atomic E-state index is 6.13. The first-order chi connectivity index (χ1) is 7.29. The maximum Gasteiger partial charge on any atom is 0.123 e. The molecule has 0 amide bonds. The summed E-state index contributed by atoms with van der Waals surface area (Å²) in [7, 11) is 1.69. The summed E-state index contributed by atoms with van der Waals surface area (Å²) in [5, 5.41) is 0. The molecule has 0 heterocycles. The van der Waals surface area contributed by atoms with Crippen LogP contribution in [0.2, 0.25) is 0 Å². The number of methoxy groups -OCH3 is 1. The summed E-state index contributed by atoms with van der Waals surface area (Å²) < 4.78 is 5.29. The Bertz CT molecular complexity index is 286. The van der Waals surface area contributed by atoms with E-state index in [1.807, 2.05) is 18.2 Å². The summed E-state index contributed by atoms with van der Waals surface area (Å²) in [5.41, 5.74) is 7.25. The van der Waals surface area contributed by atoms with Crippen LogP contribution in [0.5, 0.6) is 5.75 Å². The Morgan fingerprint density at radius 3 is 2.67 bits per heavy atom. The van der Waals surface area contributed by atoms with Gasteiger partial charge in [-0.2, -0.15) is 0 Å². The highest BCUT2D eigenvalue weighted by Crippen LogP contribution is 2.26. The van der Waals surface area contributed by atoms with Gasteiger partial charge >= 0.3 is 0 Å². The van der Waals surface area contributed by atoms with E-state index in [1.165, 1.54) is 19.3 Å². The molecule has 0 spiro atoms. The van der Waals surface area contributed by atoms with Crippen LogP contribution in [0, 0.1) is 0 Å². The Balaban J connectivity index is 2.59. The molecule has 1 aromatic carbocycles. The third-order valence-electron chi connectivity index (χ3n) is 2.66. The van der Waals surface area contributed by atoms with Crippen molar-refractivity contribution in [2.45, 2.75) is 38.6 Å². The molecule has 0 saturated carbocycles. The van der Waals surface area contributed by atoms with Crippen LogP contribution in [-0.2, 0) is 0 Å². The van der Waals surface area contributed by atoms with Crippen molar-refractivity contribution in [3.63, 3.8) is 0 Å². The molecule has 0 fully saturated rings. The van der Waals surface area contributed by atoms with Gasteiger partial charge in [0, 0.05) is 11.6 Å². The number of nitrogens with two attached hydrogens (primary N) is 1. The van der Waals surface area contributed by atoms with E-state index in [0.29, 0.717) is 0 Å². The van der Waals surface area contributed by atoms with Crippen molar-refractivity contribution in [2.75, 3.05) is 7.11 Å². The van der Waals surface area contributed by atoms with E-state index in [4.69, 9.17) is 10.5 Å². The van der Waals surface area contributed by atoms with Gasteiger partial charge < -0.3 is 10.5 Å². The quantitative estimate of drug-likeness (QED) is 0.726. The van der Waals surface area contributed by atoms with Crippen molar-refractivity contribution < 1.29 is 4.74 Å². The van der Waals surface area contributed by atoms with Crippen molar-refractivity contribution in [3.05, 3.63) is 29.8 Å². The Hall–Kier alpha value is -1.02. The fourth-order valence-corrected chi connectivity index (χ4v) is 1.74. The van der Waals surface area contributed by atoms with Crippen molar-refractivity contribution in [1.82, 2.24) is 0 Å². The van der Waals surface area contributed by atoms with E-state index < -0.39 is 0 Å². The Kier molecular flexibility index (Phi) is 5.19. The minimum absolute atomic E-state index is 0.104. The molecular weight excluding hydrogens is 186 g/mol. The van der Waals surface area contributed by atoms with Crippen LogP contribution in [0.4, 0.5) is 0 Å². The monoisotopic (exact) mass is 207 g/mol. The molecule has 15 heavy (non-hydrogen) atoms. The van der Waals surface area contributed by atoms with Gasteiger partial charge in [-0.05, 0) is 12.5 Å². The summed E-state index contributed by atoms with van der Waals surface area (Å²) in [5.74, 6) is 0.904. The molecular formula is C13H21NO. The van der Waals surface area contributed by atoms with Crippen LogP contribution in [0.3, 0.4) is 0 Å². The Labute approximate surface area is 92.4 Å². The fourth-order valence-electron chi connectivity index (χ4n) is 1.74. The molecule has 0 aliphatic rings. The van der Waals surface area contributed by atoms with Gasteiger partial charge in [0.1, 0.15) is 5.75 Å². The molecule has 0 unspecified atom stereocenters. The molecule has 0 bridgehead atoms. The summed E-state index contributed by atoms with van der Waals surface area (Å²) in [4.78, 5) is 0. The van der Waals surface area contributed by atoms with Crippen molar-refractivity contribution in [3.8, 4) is 5.75 Å². The first kappa shape index (κ1) is 12.1. The zero-order chi connectivity index (χ0) is 11.1. The molecule has 0 aliphatic heterocycles. The van der Waals surface area contributed by atoms with Crippen LogP contribution >= 0.6 is 0 Å². The lowest BCUT2D eigenvalue weighted by atomic mass is 10.0.